The molecule has 2 aromatic rings. The van der Waals surface area contributed by atoms with Crippen LogP contribution in [-0.2, 0) is 0 Å². The third kappa shape index (κ3) is 2.42. The van der Waals surface area contributed by atoms with E-state index >= 15 is 0 Å². The zero-order chi connectivity index (χ0) is 13.2. The molecule has 0 N–H and O–H groups in total. The maximum Gasteiger partial charge on any atom is 0.454 e. The van der Waals surface area contributed by atoms with Crippen LogP contribution in [0.4, 0.5) is 13.2 Å². The number of halogens is 3. The van der Waals surface area contributed by atoms with E-state index in [2.05, 4.69) is 0 Å². The first-order valence-corrected chi connectivity index (χ1v) is 5.26. The van der Waals surface area contributed by atoms with E-state index in [1.54, 1.807) is 36.4 Å². The van der Waals surface area contributed by atoms with Crippen molar-refractivity contribution < 1.29 is 18.0 Å². The van der Waals surface area contributed by atoms with Gasteiger partial charge in [0.1, 0.15) is 0 Å². The second-order valence-electron chi connectivity index (χ2n) is 3.74. The van der Waals surface area contributed by atoms with E-state index in [1.165, 1.54) is 18.2 Å². The molecule has 2 aromatic carbocycles. The number of hydrogen-bond acceptors (Lipinski definition) is 1. The van der Waals surface area contributed by atoms with Gasteiger partial charge in [-0.1, -0.05) is 54.6 Å². The number of alkyl halides is 3. The van der Waals surface area contributed by atoms with E-state index < -0.39 is 12.0 Å². The Bertz CT molecular complexity index is 559. The van der Waals surface area contributed by atoms with Crippen LogP contribution in [0.1, 0.15) is 10.4 Å². The molecule has 1 nitrogen and oxygen atoms in total. The quantitative estimate of drug-likeness (QED) is 0.733. The molecule has 2 rings (SSSR count). The minimum atomic E-state index is -4.86. The van der Waals surface area contributed by atoms with Crippen LogP contribution in [-0.4, -0.2) is 12.0 Å². The third-order valence-corrected chi connectivity index (χ3v) is 2.51. The molecule has 0 aliphatic carbocycles. The SMILES string of the molecule is O=C(c1ccccc1-c1ccccc1)C(F)(F)[19F]. The van der Waals surface area contributed by atoms with E-state index in [0.717, 1.165) is 0 Å². The van der Waals surface area contributed by atoms with Crippen LogP contribution in [0, 0.1) is 0 Å². The summed E-state index contributed by atoms with van der Waals surface area (Å²) in [6.45, 7) is 0. The molecule has 0 bridgehead atoms. The van der Waals surface area contributed by atoms with Crippen molar-refractivity contribution in [2.75, 3.05) is 0 Å². The molecule has 4 heteroatoms. The Balaban J connectivity index is 2.54. The smallest absolute Gasteiger partial charge is 0.284 e. The van der Waals surface area contributed by atoms with Gasteiger partial charge < -0.3 is 0 Å². The summed E-state index contributed by atoms with van der Waals surface area (Å²) in [6, 6.07) is 14.3. The number of carbonyl (C=O) groups excluding carboxylic acids is 1. The summed E-state index contributed by atoms with van der Waals surface area (Å²) in [6.07, 6.45) is -4.86. The Morgan fingerprint density at radius 2 is 1.39 bits per heavy atom. The largest absolute Gasteiger partial charge is 0.454 e. The number of carbonyl (C=O) groups is 1. The predicted molar refractivity (Wildman–Crippen MR) is 62.3 cm³/mol. The van der Waals surface area contributed by atoms with Crippen molar-refractivity contribution in [1.29, 1.82) is 0 Å². The Kier molecular flexibility index (Phi) is 3.19. The highest BCUT2D eigenvalue weighted by Crippen LogP contribution is 2.29. The zero-order valence-corrected chi connectivity index (χ0v) is 9.24. The first-order chi connectivity index (χ1) is 8.50. The van der Waals surface area contributed by atoms with E-state index in [0.29, 0.717) is 11.1 Å². The van der Waals surface area contributed by atoms with E-state index in [-0.39, 0.29) is 5.56 Å². The van der Waals surface area contributed by atoms with Crippen LogP contribution >= 0.6 is 0 Å². The van der Waals surface area contributed by atoms with E-state index in [4.69, 9.17) is 0 Å². The Morgan fingerprint density at radius 3 is 2.00 bits per heavy atom. The highest BCUT2D eigenvalue weighted by molar-refractivity contribution is 6.05. The van der Waals surface area contributed by atoms with Crippen molar-refractivity contribution in [3.63, 3.8) is 0 Å². The minimum Gasteiger partial charge on any atom is -0.284 e. The lowest BCUT2D eigenvalue weighted by atomic mass is 9.97. The fraction of sp³-hybridized carbons (Fsp3) is 0.0714. The molecule has 0 fully saturated rings. The lowest BCUT2D eigenvalue weighted by Crippen LogP contribution is -2.23. The monoisotopic (exact) mass is 250 g/mol. The maximum absolute atomic E-state index is 12.5. The van der Waals surface area contributed by atoms with Crippen LogP contribution in [0.3, 0.4) is 0 Å². The molecule has 0 unspecified atom stereocenters. The second kappa shape index (κ2) is 4.64. The summed E-state index contributed by atoms with van der Waals surface area (Å²) in [5.41, 5.74) is 0.558. The van der Waals surface area contributed by atoms with Gasteiger partial charge in [-0.15, -0.1) is 0 Å². The molecule has 0 spiro atoms. The summed E-state index contributed by atoms with van der Waals surface area (Å²) in [4.78, 5) is 11.3. The molecule has 0 amide bonds. The number of benzene rings is 2. The molecule has 18 heavy (non-hydrogen) atoms. The van der Waals surface area contributed by atoms with Crippen LogP contribution in [0.25, 0.3) is 11.1 Å². The number of ketones is 1. The van der Waals surface area contributed by atoms with Crippen molar-refractivity contribution >= 4 is 5.78 Å². The van der Waals surface area contributed by atoms with Crippen molar-refractivity contribution in [3.8, 4) is 11.1 Å². The average molecular weight is 250 g/mol. The number of Topliss-reactive ketones (excluding diaryl/α,β-unsaturated/α-hetero) is 1. The van der Waals surface area contributed by atoms with Gasteiger partial charge in [-0.25, -0.2) is 0 Å². The predicted octanol–water partition coefficient (Wildman–Crippen LogP) is 4.10. The van der Waals surface area contributed by atoms with Crippen LogP contribution in [0.5, 0.6) is 0 Å². The first-order valence-electron chi connectivity index (χ1n) is 5.26. The highest BCUT2D eigenvalue weighted by Gasteiger charge is 2.40. The van der Waals surface area contributed by atoms with Crippen molar-refractivity contribution in [2.24, 2.45) is 0 Å². The zero-order valence-electron chi connectivity index (χ0n) is 9.24. The molecule has 0 heterocycles. The fourth-order valence-corrected chi connectivity index (χ4v) is 1.70. The van der Waals surface area contributed by atoms with Gasteiger partial charge in [0.15, 0.2) is 0 Å². The van der Waals surface area contributed by atoms with Gasteiger partial charge in [0.05, 0.1) is 0 Å². The van der Waals surface area contributed by atoms with Gasteiger partial charge in [-0.05, 0) is 11.1 Å². The molecular weight excluding hydrogens is 241 g/mol. The lowest BCUT2D eigenvalue weighted by molar-refractivity contribution is -0.0884. The van der Waals surface area contributed by atoms with Gasteiger partial charge in [0.25, 0.3) is 5.78 Å². The summed E-state index contributed by atoms with van der Waals surface area (Å²) >= 11 is 0. The van der Waals surface area contributed by atoms with Crippen LogP contribution in [0.2, 0.25) is 0 Å². The maximum atomic E-state index is 12.5. The lowest BCUT2D eigenvalue weighted by Gasteiger charge is -2.10. The Hall–Kier alpha value is -2.10. The first kappa shape index (κ1) is 12.4. The molecule has 0 aliphatic rings. The van der Waals surface area contributed by atoms with E-state index in [1.807, 2.05) is 0 Å². The molecule has 0 aromatic heterocycles. The van der Waals surface area contributed by atoms with Gasteiger partial charge in [-0.3, -0.25) is 4.79 Å². The van der Waals surface area contributed by atoms with Crippen molar-refractivity contribution in [2.45, 2.75) is 6.18 Å². The molecule has 0 saturated carbocycles. The Labute approximate surface area is 102 Å². The van der Waals surface area contributed by atoms with Crippen LogP contribution in [0.15, 0.2) is 54.6 Å². The van der Waals surface area contributed by atoms with Crippen molar-refractivity contribution in [3.05, 3.63) is 60.2 Å². The molecule has 0 atom stereocenters. The number of rotatable bonds is 2. The van der Waals surface area contributed by atoms with E-state index in [9.17, 15) is 18.0 Å². The average Bonchev–Trinajstić information content (AvgIpc) is 2.38. The molecule has 0 radical (unpaired) electrons. The summed E-state index contributed by atoms with van der Waals surface area (Å²) in [5, 5.41) is 0. The third-order valence-electron chi connectivity index (χ3n) is 2.51. The highest BCUT2D eigenvalue weighted by atomic mass is 19.4. The standard InChI is InChI=1S/C14H9F3O/c15-14(16,17)13(18)12-9-5-4-8-11(12)10-6-2-1-3-7-10/h1-9H/i15+0. The van der Waals surface area contributed by atoms with Gasteiger partial charge in [-0.2, -0.15) is 13.2 Å². The number of hydrogen-bond donors (Lipinski definition) is 0. The Morgan fingerprint density at radius 1 is 0.833 bits per heavy atom. The topological polar surface area (TPSA) is 17.1 Å². The summed E-state index contributed by atoms with van der Waals surface area (Å²) < 4.78 is 37.4. The van der Waals surface area contributed by atoms with Gasteiger partial charge in [0, 0.05) is 5.56 Å². The van der Waals surface area contributed by atoms with Gasteiger partial charge >= 0.3 is 6.18 Å². The fourth-order valence-electron chi connectivity index (χ4n) is 1.70. The van der Waals surface area contributed by atoms with Crippen molar-refractivity contribution in [1.82, 2.24) is 0 Å². The summed E-state index contributed by atoms with van der Waals surface area (Å²) in [5.74, 6) is -1.82. The van der Waals surface area contributed by atoms with Crippen LogP contribution < -0.4 is 0 Å². The minimum absolute atomic E-state index is 0.292. The molecular formula is C14H9F3O. The second-order valence-corrected chi connectivity index (χ2v) is 3.74. The molecule has 0 aliphatic heterocycles. The van der Waals surface area contributed by atoms with Gasteiger partial charge in [0.2, 0.25) is 0 Å². The normalized spacial score (nSPS) is 11.3. The molecule has 0 saturated heterocycles. The molecule has 92 valence electrons. The summed E-state index contributed by atoms with van der Waals surface area (Å²) in [7, 11) is 0.